The van der Waals surface area contributed by atoms with Crippen LogP contribution >= 0.6 is 0 Å². The molecule has 0 radical (unpaired) electrons. The first kappa shape index (κ1) is 17.9. The van der Waals surface area contributed by atoms with Gasteiger partial charge in [-0.2, -0.15) is 5.10 Å². The Hall–Kier alpha value is -1.93. The van der Waals surface area contributed by atoms with Gasteiger partial charge >= 0.3 is 0 Å². The van der Waals surface area contributed by atoms with Gasteiger partial charge in [-0.3, -0.25) is 14.3 Å². The van der Waals surface area contributed by atoms with Gasteiger partial charge in [0, 0.05) is 32.8 Å². The first-order valence-electron chi connectivity index (χ1n) is 8.98. The number of morpholine rings is 1. The molecule has 0 spiro atoms. The smallest absolute Gasteiger partial charge is 0.274 e. The highest BCUT2D eigenvalue weighted by molar-refractivity contribution is 5.92. The molecule has 0 N–H and O–H groups in total. The zero-order chi connectivity index (χ0) is 17.6. The van der Waals surface area contributed by atoms with Gasteiger partial charge in [-0.05, 0) is 19.4 Å². The second-order valence-electron chi connectivity index (χ2n) is 6.26. The molecule has 138 valence electrons. The first-order valence-corrected chi connectivity index (χ1v) is 8.98. The van der Waals surface area contributed by atoms with Crippen LogP contribution in [0.3, 0.4) is 0 Å². The number of fused-ring (bicyclic) bond motifs is 1. The zero-order valence-electron chi connectivity index (χ0n) is 14.8. The number of aryl methyl sites for hydroxylation is 1. The number of ether oxygens (including phenoxy) is 2. The summed E-state index contributed by atoms with van der Waals surface area (Å²) < 4.78 is 12.4. The number of carbonyl (C=O) groups is 2. The van der Waals surface area contributed by atoms with Gasteiger partial charge in [-0.15, -0.1) is 0 Å². The molecule has 3 heterocycles. The largest absolute Gasteiger partial charge is 0.381 e. The van der Waals surface area contributed by atoms with Crippen LogP contribution in [0.15, 0.2) is 6.07 Å². The van der Waals surface area contributed by atoms with Crippen molar-refractivity contribution in [2.45, 2.75) is 32.9 Å². The molecule has 1 aromatic rings. The van der Waals surface area contributed by atoms with E-state index in [1.165, 1.54) is 0 Å². The fourth-order valence-corrected chi connectivity index (χ4v) is 3.17. The molecule has 8 heteroatoms. The van der Waals surface area contributed by atoms with Gasteiger partial charge in [0.1, 0.15) is 0 Å². The van der Waals surface area contributed by atoms with Gasteiger partial charge in [-0.25, -0.2) is 0 Å². The number of rotatable bonds is 5. The van der Waals surface area contributed by atoms with Crippen molar-refractivity contribution in [3.63, 3.8) is 0 Å². The number of amides is 2. The van der Waals surface area contributed by atoms with Crippen LogP contribution in [0.2, 0.25) is 0 Å². The lowest BCUT2D eigenvalue weighted by Gasteiger charge is -2.26. The minimum Gasteiger partial charge on any atom is -0.381 e. The van der Waals surface area contributed by atoms with E-state index < -0.39 is 0 Å². The Morgan fingerprint density at radius 2 is 2.00 bits per heavy atom. The summed E-state index contributed by atoms with van der Waals surface area (Å²) in [4.78, 5) is 28.6. The van der Waals surface area contributed by atoms with E-state index in [1.807, 2.05) is 22.6 Å². The van der Waals surface area contributed by atoms with Crippen LogP contribution in [0.1, 0.15) is 35.9 Å². The fraction of sp³-hybridized carbons (Fsp3) is 0.706. The highest BCUT2D eigenvalue weighted by Crippen LogP contribution is 2.16. The Morgan fingerprint density at radius 1 is 1.20 bits per heavy atom. The Balaban J connectivity index is 1.66. The molecule has 0 aromatic carbocycles. The van der Waals surface area contributed by atoms with Gasteiger partial charge < -0.3 is 19.3 Å². The Bertz CT molecular complexity index is 610. The normalized spacial score (nSPS) is 18.0. The number of hydrogen-bond acceptors (Lipinski definition) is 5. The molecular formula is C17H26N4O4. The monoisotopic (exact) mass is 350 g/mol. The number of carbonyl (C=O) groups excluding carboxylic acids is 2. The molecule has 1 fully saturated rings. The lowest BCUT2D eigenvalue weighted by molar-refractivity contribution is -0.132. The second-order valence-corrected chi connectivity index (χ2v) is 6.26. The summed E-state index contributed by atoms with van der Waals surface area (Å²) in [5.74, 6) is 0.0299. The number of aromatic nitrogens is 2. The van der Waals surface area contributed by atoms with Gasteiger partial charge in [-0.1, -0.05) is 0 Å². The Kier molecular flexibility index (Phi) is 6.04. The summed E-state index contributed by atoms with van der Waals surface area (Å²) in [6, 6.07) is 1.83. The third kappa shape index (κ3) is 4.38. The van der Waals surface area contributed by atoms with Crippen molar-refractivity contribution in [3.05, 3.63) is 17.5 Å². The van der Waals surface area contributed by atoms with Crippen LogP contribution in [0.5, 0.6) is 0 Å². The quantitative estimate of drug-likeness (QED) is 0.724. The predicted octanol–water partition coefficient (Wildman–Crippen LogP) is 0.514. The third-order valence-electron chi connectivity index (χ3n) is 4.55. The minimum atomic E-state index is -0.0573. The molecule has 0 unspecified atom stereocenters. The van der Waals surface area contributed by atoms with E-state index in [0.29, 0.717) is 64.7 Å². The molecule has 8 nitrogen and oxygen atoms in total. The van der Waals surface area contributed by atoms with Crippen molar-refractivity contribution in [3.8, 4) is 0 Å². The van der Waals surface area contributed by atoms with Gasteiger partial charge in [0.25, 0.3) is 5.91 Å². The Labute approximate surface area is 147 Å². The van der Waals surface area contributed by atoms with Gasteiger partial charge in [0.05, 0.1) is 38.5 Å². The van der Waals surface area contributed by atoms with Crippen LogP contribution in [0, 0.1) is 0 Å². The molecule has 0 atom stereocenters. The predicted molar refractivity (Wildman–Crippen MR) is 90.1 cm³/mol. The van der Waals surface area contributed by atoms with Crippen molar-refractivity contribution >= 4 is 11.8 Å². The molecule has 0 saturated carbocycles. The minimum absolute atomic E-state index is 0.0573. The molecule has 1 saturated heterocycles. The molecule has 2 aliphatic heterocycles. The van der Waals surface area contributed by atoms with Crippen molar-refractivity contribution in [2.75, 3.05) is 46.1 Å². The molecule has 2 amide bonds. The summed E-state index contributed by atoms with van der Waals surface area (Å²) in [5, 5.41) is 4.48. The van der Waals surface area contributed by atoms with E-state index in [1.54, 1.807) is 4.90 Å². The summed E-state index contributed by atoms with van der Waals surface area (Å²) in [6.45, 7) is 7.26. The van der Waals surface area contributed by atoms with Crippen LogP contribution in [0.4, 0.5) is 0 Å². The van der Waals surface area contributed by atoms with Crippen LogP contribution < -0.4 is 0 Å². The summed E-state index contributed by atoms with van der Waals surface area (Å²) >= 11 is 0. The third-order valence-corrected chi connectivity index (χ3v) is 4.55. The molecule has 25 heavy (non-hydrogen) atoms. The number of hydrogen-bond donors (Lipinski definition) is 0. The van der Waals surface area contributed by atoms with Crippen molar-refractivity contribution in [2.24, 2.45) is 0 Å². The molecule has 0 aliphatic carbocycles. The highest BCUT2D eigenvalue weighted by atomic mass is 16.5. The topological polar surface area (TPSA) is 76.9 Å². The molecule has 3 rings (SSSR count). The maximum Gasteiger partial charge on any atom is 0.274 e. The van der Waals surface area contributed by atoms with E-state index in [2.05, 4.69) is 5.10 Å². The lowest BCUT2D eigenvalue weighted by atomic mass is 10.2. The van der Waals surface area contributed by atoms with Crippen LogP contribution in [0.25, 0.3) is 0 Å². The highest BCUT2D eigenvalue weighted by Gasteiger charge is 2.25. The summed E-state index contributed by atoms with van der Waals surface area (Å²) in [6.07, 6.45) is 1.22. The average molecular weight is 350 g/mol. The maximum absolute atomic E-state index is 12.6. The van der Waals surface area contributed by atoms with E-state index in [4.69, 9.17) is 9.47 Å². The molecule has 1 aromatic heterocycles. The standard InChI is InChI=1S/C17H26N4O4/c1-2-24-9-4-16(22)20-5-3-6-21-14(13-20)12-15(18-21)17(23)19-7-10-25-11-8-19/h12H,2-11,13H2,1H3. The van der Waals surface area contributed by atoms with Crippen molar-refractivity contribution in [1.82, 2.24) is 19.6 Å². The van der Waals surface area contributed by atoms with Crippen molar-refractivity contribution in [1.29, 1.82) is 0 Å². The lowest BCUT2D eigenvalue weighted by Crippen LogP contribution is -2.40. The van der Waals surface area contributed by atoms with Crippen molar-refractivity contribution < 1.29 is 19.1 Å². The Morgan fingerprint density at radius 3 is 2.76 bits per heavy atom. The maximum atomic E-state index is 12.6. The van der Waals surface area contributed by atoms with E-state index in [-0.39, 0.29) is 11.8 Å². The fourth-order valence-electron chi connectivity index (χ4n) is 3.17. The summed E-state index contributed by atoms with van der Waals surface area (Å²) in [7, 11) is 0. The van der Waals surface area contributed by atoms with Gasteiger partial charge in [0.15, 0.2) is 5.69 Å². The van der Waals surface area contributed by atoms with E-state index >= 15 is 0 Å². The molecule has 0 bridgehead atoms. The molecule has 2 aliphatic rings. The average Bonchev–Trinajstić information content (AvgIpc) is 2.93. The first-order chi connectivity index (χ1) is 12.2. The van der Waals surface area contributed by atoms with Gasteiger partial charge in [0.2, 0.25) is 5.91 Å². The van der Waals surface area contributed by atoms with Crippen LogP contribution in [-0.2, 0) is 27.4 Å². The number of nitrogens with zero attached hydrogens (tertiary/aromatic N) is 4. The summed E-state index contributed by atoms with van der Waals surface area (Å²) in [5.41, 5.74) is 1.37. The van der Waals surface area contributed by atoms with E-state index in [0.717, 1.165) is 18.7 Å². The second kappa shape index (κ2) is 8.44. The molecular weight excluding hydrogens is 324 g/mol. The van der Waals surface area contributed by atoms with Crippen LogP contribution in [-0.4, -0.2) is 77.5 Å². The zero-order valence-corrected chi connectivity index (χ0v) is 14.8. The SMILES string of the molecule is CCOCCC(=O)N1CCCn2nc(C(=O)N3CCOCC3)cc2C1. The van der Waals surface area contributed by atoms with E-state index in [9.17, 15) is 9.59 Å².